The first-order chi connectivity index (χ1) is 8.25. The highest BCUT2D eigenvalue weighted by Crippen LogP contribution is 2.31. The van der Waals surface area contributed by atoms with E-state index in [4.69, 9.17) is 5.73 Å². The number of carbonyl (C=O) groups is 1. The number of hydrogen-bond acceptors (Lipinski definition) is 3. The van der Waals surface area contributed by atoms with Crippen molar-refractivity contribution in [3.8, 4) is 0 Å². The third kappa shape index (κ3) is 4.58. The number of nitrogens with one attached hydrogen (secondary N) is 1. The van der Waals surface area contributed by atoms with E-state index in [1.54, 1.807) is 0 Å². The normalized spacial score (nSPS) is 19.9. The van der Waals surface area contributed by atoms with Gasteiger partial charge in [0.15, 0.2) is 0 Å². The summed E-state index contributed by atoms with van der Waals surface area (Å²) in [5.74, 6) is 0.0642. The van der Waals surface area contributed by atoms with Crippen LogP contribution in [0, 0.1) is 0 Å². The first-order valence-electron chi connectivity index (χ1n) is 6.98. The standard InChI is InChI=1S/C14H29N3O/c1-13(2,15)10-12(18)16-11-14(17(3)4)8-6-5-7-9-14/h5-11,15H2,1-4H3,(H,16,18). The Labute approximate surface area is 111 Å². The van der Waals surface area contributed by atoms with Gasteiger partial charge in [0.2, 0.25) is 5.91 Å². The molecule has 0 bridgehead atoms. The summed E-state index contributed by atoms with van der Waals surface area (Å²) in [5.41, 5.74) is 5.58. The maximum absolute atomic E-state index is 11.9. The van der Waals surface area contributed by atoms with Gasteiger partial charge < -0.3 is 16.0 Å². The Hall–Kier alpha value is -0.610. The fourth-order valence-corrected chi connectivity index (χ4v) is 2.73. The van der Waals surface area contributed by atoms with Crippen LogP contribution in [0.4, 0.5) is 0 Å². The molecule has 4 heteroatoms. The number of likely N-dealkylation sites (N-methyl/N-ethyl adjacent to an activating group) is 1. The molecule has 1 saturated carbocycles. The van der Waals surface area contributed by atoms with Crippen LogP contribution in [0.2, 0.25) is 0 Å². The van der Waals surface area contributed by atoms with Crippen LogP contribution in [0.1, 0.15) is 52.4 Å². The van der Waals surface area contributed by atoms with E-state index in [9.17, 15) is 4.79 Å². The second-order valence-electron chi connectivity index (χ2n) is 6.62. The molecule has 0 unspecified atom stereocenters. The second-order valence-corrected chi connectivity index (χ2v) is 6.62. The molecule has 1 amide bonds. The molecule has 3 N–H and O–H groups in total. The van der Waals surface area contributed by atoms with Gasteiger partial charge in [0.25, 0.3) is 0 Å². The largest absolute Gasteiger partial charge is 0.354 e. The van der Waals surface area contributed by atoms with Crippen LogP contribution in [0.25, 0.3) is 0 Å². The molecule has 0 atom stereocenters. The SMILES string of the molecule is CN(C)C1(CNC(=O)CC(C)(C)N)CCCCC1. The molecule has 1 rings (SSSR count). The van der Waals surface area contributed by atoms with E-state index in [1.165, 1.54) is 32.1 Å². The molecule has 18 heavy (non-hydrogen) atoms. The Morgan fingerprint density at radius 2 is 1.83 bits per heavy atom. The molecule has 0 radical (unpaired) electrons. The number of amides is 1. The average Bonchev–Trinajstić information content (AvgIpc) is 2.25. The Kier molecular flexibility index (Phi) is 5.17. The maximum atomic E-state index is 11.9. The van der Waals surface area contributed by atoms with E-state index in [0.717, 1.165) is 6.54 Å². The van der Waals surface area contributed by atoms with Gasteiger partial charge in [-0.1, -0.05) is 19.3 Å². The smallest absolute Gasteiger partial charge is 0.221 e. The fraction of sp³-hybridized carbons (Fsp3) is 0.929. The molecule has 0 aromatic heterocycles. The van der Waals surface area contributed by atoms with Crippen molar-refractivity contribution in [1.82, 2.24) is 10.2 Å². The molecule has 1 fully saturated rings. The summed E-state index contributed by atoms with van der Waals surface area (Å²) in [4.78, 5) is 14.1. The Bertz CT molecular complexity index is 275. The van der Waals surface area contributed by atoms with Gasteiger partial charge in [-0.05, 0) is 40.8 Å². The monoisotopic (exact) mass is 255 g/mol. The number of carbonyl (C=O) groups excluding carboxylic acids is 1. The highest BCUT2D eigenvalue weighted by molar-refractivity contribution is 5.77. The van der Waals surface area contributed by atoms with Crippen LogP contribution in [0.3, 0.4) is 0 Å². The van der Waals surface area contributed by atoms with Crippen molar-refractivity contribution >= 4 is 5.91 Å². The van der Waals surface area contributed by atoms with Crippen LogP contribution < -0.4 is 11.1 Å². The molecule has 0 aliphatic heterocycles. The molecule has 0 aromatic carbocycles. The third-order valence-corrected chi connectivity index (χ3v) is 3.96. The van der Waals surface area contributed by atoms with Crippen LogP contribution in [0.15, 0.2) is 0 Å². The van der Waals surface area contributed by atoms with Gasteiger partial charge in [0, 0.05) is 24.0 Å². The number of nitrogens with two attached hydrogens (primary N) is 1. The maximum Gasteiger partial charge on any atom is 0.221 e. The first kappa shape index (κ1) is 15.4. The van der Waals surface area contributed by atoms with Crippen LogP contribution in [-0.2, 0) is 4.79 Å². The predicted molar refractivity (Wildman–Crippen MR) is 75.4 cm³/mol. The van der Waals surface area contributed by atoms with E-state index in [2.05, 4.69) is 24.3 Å². The molecule has 106 valence electrons. The zero-order valence-electron chi connectivity index (χ0n) is 12.4. The van der Waals surface area contributed by atoms with Gasteiger partial charge in [-0.25, -0.2) is 0 Å². The quantitative estimate of drug-likeness (QED) is 0.782. The number of hydrogen-bond donors (Lipinski definition) is 2. The lowest BCUT2D eigenvalue weighted by Gasteiger charge is -2.43. The van der Waals surface area contributed by atoms with Crippen LogP contribution in [-0.4, -0.2) is 42.5 Å². The molecular formula is C14H29N3O. The predicted octanol–water partition coefficient (Wildman–Crippen LogP) is 1.49. The van der Waals surface area contributed by atoms with Gasteiger partial charge in [-0.2, -0.15) is 0 Å². The first-order valence-corrected chi connectivity index (χ1v) is 6.98. The number of nitrogens with zero attached hydrogens (tertiary/aromatic N) is 1. The van der Waals surface area contributed by atoms with Crippen LogP contribution in [0.5, 0.6) is 0 Å². The summed E-state index contributed by atoms with van der Waals surface area (Å²) in [6.45, 7) is 4.51. The van der Waals surface area contributed by atoms with Gasteiger partial charge in [0.05, 0.1) is 0 Å². The lowest BCUT2D eigenvalue weighted by molar-refractivity contribution is -0.122. The Morgan fingerprint density at radius 1 is 1.28 bits per heavy atom. The Morgan fingerprint density at radius 3 is 2.28 bits per heavy atom. The molecule has 1 aliphatic carbocycles. The molecule has 1 aliphatic rings. The topological polar surface area (TPSA) is 58.4 Å². The molecule has 0 saturated heterocycles. The summed E-state index contributed by atoms with van der Waals surface area (Å²) in [6.07, 6.45) is 6.57. The van der Waals surface area contributed by atoms with E-state index in [0.29, 0.717) is 6.42 Å². The van der Waals surface area contributed by atoms with Gasteiger partial charge in [-0.3, -0.25) is 4.79 Å². The highest BCUT2D eigenvalue weighted by Gasteiger charge is 2.34. The van der Waals surface area contributed by atoms with E-state index in [-0.39, 0.29) is 11.4 Å². The highest BCUT2D eigenvalue weighted by atomic mass is 16.1. The van der Waals surface area contributed by atoms with E-state index < -0.39 is 5.54 Å². The van der Waals surface area contributed by atoms with Gasteiger partial charge in [-0.15, -0.1) is 0 Å². The minimum atomic E-state index is -0.429. The molecule has 4 nitrogen and oxygen atoms in total. The van der Waals surface area contributed by atoms with Crippen molar-refractivity contribution in [1.29, 1.82) is 0 Å². The van der Waals surface area contributed by atoms with Gasteiger partial charge in [0.1, 0.15) is 0 Å². The average molecular weight is 255 g/mol. The van der Waals surface area contributed by atoms with Crippen molar-refractivity contribution < 1.29 is 4.79 Å². The summed E-state index contributed by atoms with van der Waals surface area (Å²) >= 11 is 0. The van der Waals surface area contributed by atoms with Crippen molar-refractivity contribution in [3.63, 3.8) is 0 Å². The zero-order chi connectivity index (χ0) is 13.8. The van der Waals surface area contributed by atoms with Crippen molar-refractivity contribution in [2.45, 2.75) is 63.5 Å². The third-order valence-electron chi connectivity index (χ3n) is 3.96. The zero-order valence-corrected chi connectivity index (χ0v) is 12.4. The lowest BCUT2D eigenvalue weighted by Crippen LogP contribution is -2.54. The van der Waals surface area contributed by atoms with E-state index >= 15 is 0 Å². The molecule has 0 spiro atoms. The summed E-state index contributed by atoms with van der Waals surface area (Å²) in [5, 5.41) is 3.07. The Balaban J connectivity index is 2.50. The van der Waals surface area contributed by atoms with Crippen LogP contribution >= 0.6 is 0 Å². The van der Waals surface area contributed by atoms with Gasteiger partial charge >= 0.3 is 0 Å². The van der Waals surface area contributed by atoms with Crippen molar-refractivity contribution in [3.05, 3.63) is 0 Å². The van der Waals surface area contributed by atoms with E-state index in [1.807, 2.05) is 13.8 Å². The minimum absolute atomic E-state index is 0.0642. The summed E-state index contributed by atoms with van der Waals surface area (Å²) in [6, 6.07) is 0. The lowest BCUT2D eigenvalue weighted by atomic mass is 9.80. The summed E-state index contributed by atoms with van der Waals surface area (Å²) in [7, 11) is 4.23. The molecule has 0 heterocycles. The van der Waals surface area contributed by atoms with Crippen molar-refractivity contribution in [2.24, 2.45) is 5.73 Å². The fourth-order valence-electron chi connectivity index (χ4n) is 2.73. The summed E-state index contributed by atoms with van der Waals surface area (Å²) < 4.78 is 0. The van der Waals surface area contributed by atoms with Crippen molar-refractivity contribution in [2.75, 3.05) is 20.6 Å². The minimum Gasteiger partial charge on any atom is -0.354 e. The molecule has 0 aromatic rings. The molecular weight excluding hydrogens is 226 g/mol. The number of rotatable bonds is 5. The second kappa shape index (κ2) is 6.02.